The van der Waals surface area contributed by atoms with Crippen molar-refractivity contribution in [3.8, 4) is 0 Å². The van der Waals surface area contributed by atoms with Crippen molar-refractivity contribution in [3.63, 3.8) is 0 Å². The normalized spacial score (nSPS) is 17.0. The van der Waals surface area contributed by atoms with Crippen molar-refractivity contribution in [2.75, 3.05) is 32.8 Å². The highest BCUT2D eigenvalue weighted by Crippen LogP contribution is 2.16. The van der Waals surface area contributed by atoms with Crippen LogP contribution in [-0.4, -0.2) is 59.0 Å². The summed E-state index contributed by atoms with van der Waals surface area (Å²) < 4.78 is 7.13. The molecule has 1 aromatic rings. The number of aryl methyl sites for hydroxylation is 2. The van der Waals surface area contributed by atoms with Gasteiger partial charge >= 0.3 is 0 Å². The van der Waals surface area contributed by atoms with Gasteiger partial charge in [-0.25, -0.2) is 0 Å². The highest BCUT2D eigenvalue weighted by Gasteiger charge is 2.29. The van der Waals surface area contributed by atoms with Crippen LogP contribution in [0.4, 0.5) is 0 Å². The Kier molecular flexibility index (Phi) is 4.68. The second kappa shape index (κ2) is 6.15. The first-order valence-corrected chi connectivity index (χ1v) is 7.44. The number of carbonyl (C=O) groups excluding carboxylic acids is 1. The molecular weight excluding hydrogens is 268 g/mol. The van der Waals surface area contributed by atoms with E-state index in [1.807, 2.05) is 20.9 Å². The lowest BCUT2D eigenvalue weighted by atomic mass is 10.0. The molecule has 118 valence electrons. The van der Waals surface area contributed by atoms with E-state index in [1.54, 1.807) is 4.68 Å². The average Bonchev–Trinajstić information content (AvgIpc) is 2.71. The summed E-state index contributed by atoms with van der Waals surface area (Å²) in [6, 6.07) is 0. The zero-order chi connectivity index (χ0) is 15.6. The Hall–Kier alpha value is -1.40. The molecule has 1 aromatic heterocycles. The van der Waals surface area contributed by atoms with E-state index >= 15 is 0 Å². The zero-order valence-corrected chi connectivity index (χ0v) is 13.7. The van der Waals surface area contributed by atoms with Gasteiger partial charge in [-0.05, 0) is 27.7 Å². The second-order valence-corrected chi connectivity index (χ2v) is 6.26. The number of carbonyl (C=O) groups is 1. The predicted octanol–water partition coefficient (Wildman–Crippen LogP) is 0.878. The van der Waals surface area contributed by atoms with Crippen molar-refractivity contribution >= 4 is 5.91 Å². The molecule has 2 rings (SSSR count). The molecule has 1 aliphatic rings. The third-order valence-electron chi connectivity index (χ3n) is 4.28. The molecule has 6 heteroatoms. The fourth-order valence-corrected chi connectivity index (χ4v) is 2.77. The van der Waals surface area contributed by atoms with E-state index in [0.29, 0.717) is 12.1 Å². The largest absolute Gasteiger partial charge is 0.379 e. The molecular formula is C15H26N4O2. The summed E-state index contributed by atoms with van der Waals surface area (Å²) in [6.45, 7) is 12.1. The summed E-state index contributed by atoms with van der Waals surface area (Å²) in [5, 5.41) is 7.35. The van der Waals surface area contributed by atoms with Crippen molar-refractivity contribution in [1.29, 1.82) is 0 Å². The van der Waals surface area contributed by atoms with E-state index in [4.69, 9.17) is 4.74 Å². The summed E-state index contributed by atoms with van der Waals surface area (Å²) in [7, 11) is 1.86. The fourth-order valence-electron chi connectivity index (χ4n) is 2.77. The SMILES string of the molecule is Cc1nn(C)c(C)c1C(=O)NCC(C)(C)N1CCOCC1. The van der Waals surface area contributed by atoms with E-state index in [-0.39, 0.29) is 11.4 Å². The minimum absolute atomic E-state index is 0.0422. The van der Waals surface area contributed by atoms with Crippen LogP contribution >= 0.6 is 0 Å². The summed E-state index contributed by atoms with van der Waals surface area (Å²) >= 11 is 0. The van der Waals surface area contributed by atoms with Gasteiger partial charge in [-0.15, -0.1) is 0 Å². The number of hydrogen-bond donors (Lipinski definition) is 1. The van der Waals surface area contributed by atoms with Crippen molar-refractivity contribution in [3.05, 3.63) is 17.0 Å². The first-order chi connectivity index (χ1) is 9.83. The molecule has 0 atom stereocenters. The summed E-state index contributed by atoms with van der Waals surface area (Å²) in [5.41, 5.74) is 2.28. The van der Waals surface area contributed by atoms with Crippen LogP contribution in [0.25, 0.3) is 0 Å². The molecule has 0 aliphatic carbocycles. The summed E-state index contributed by atoms with van der Waals surface area (Å²) in [5.74, 6) is -0.0422. The number of morpholine rings is 1. The minimum Gasteiger partial charge on any atom is -0.379 e. The van der Waals surface area contributed by atoms with Gasteiger partial charge in [0.25, 0.3) is 5.91 Å². The van der Waals surface area contributed by atoms with Gasteiger partial charge in [0.15, 0.2) is 0 Å². The van der Waals surface area contributed by atoms with Crippen molar-refractivity contribution < 1.29 is 9.53 Å². The number of aromatic nitrogens is 2. The quantitative estimate of drug-likeness (QED) is 0.895. The minimum atomic E-state index is -0.0799. The molecule has 0 bridgehead atoms. The third-order valence-corrected chi connectivity index (χ3v) is 4.28. The van der Waals surface area contributed by atoms with Gasteiger partial charge in [-0.2, -0.15) is 5.10 Å². The molecule has 0 aromatic carbocycles. The Bertz CT molecular complexity index is 516. The lowest BCUT2D eigenvalue weighted by molar-refractivity contribution is -0.00923. The summed E-state index contributed by atoms with van der Waals surface area (Å²) in [4.78, 5) is 14.8. The number of nitrogens with one attached hydrogen (secondary N) is 1. The maximum Gasteiger partial charge on any atom is 0.255 e. The number of ether oxygens (including phenoxy) is 1. The molecule has 6 nitrogen and oxygen atoms in total. The zero-order valence-electron chi connectivity index (χ0n) is 13.7. The predicted molar refractivity (Wildman–Crippen MR) is 81.5 cm³/mol. The molecule has 1 aliphatic heterocycles. The van der Waals surface area contributed by atoms with E-state index in [2.05, 4.69) is 29.2 Å². The molecule has 2 heterocycles. The lowest BCUT2D eigenvalue weighted by Gasteiger charge is -2.40. The highest BCUT2D eigenvalue weighted by molar-refractivity contribution is 5.96. The van der Waals surface area contributed by atoms with E-state index < -0.39 is 0 Å². The van der Waals surface area contributed by atoms with Crippen LogP contribution in [0.5, 0.6) is 0 Å². The topological polar surface area (TPSA) is 59.4 Å². The van der Waals surface area contributed by atoms with Crippen molar-refractivity contribution in [2.24, 2.45) is 7.05 Å². The van der Waals surface area contributed by atoms with E-state index in [0.717, 1.165) is 37.7 Å². The molecule has 0 radical (unpaired) electrons. The molecule has 1 N–H and O–H groups in total. The molecule has 1 amide bonds. The van der Waals surface area contributed by atoms with Gasteiger partial charge in [0.1, 0.15) is 0 Å². The molecule has 0 saturated carbocycles. The van der Waals surface area contributed by atoms with Crippen LogP contribution in [0.15, 0.2) is 0 Å². The van der Waals surface area contributed by atoms with Gasteiger partial charge in [-0.1, -0.05) is 0 Å². The van der Waals surface area contributed by atoms with Crippen LogP contribution in [-0.2, 0) is 11.8 Å². The van der Waals surface area contributed by atoms with Crippen LogP contribution in [0.2, 0.25) is 0 Å². The molecule has 1 fully saturated rings. The van der Waals surface area contributed by atoms with Gasteiger partial charge in [0, 0.05) is 37.9 Å². The van der Waals surface area contributed by atoms with Gasteiger partial charge in [0.05, 0.1) is 24.5 Å². The second-order valence-electron chi connectivity index (χ2n) is 6.26. The Morgan fingerprint density at radius 1 is 1.33 bits per heavy atom. The van der Waals surface area contributed by atoms with Crippen molar-refractivity contribution in [1.82, 2.24) is 20.0 Å². The van der Waals surface area contributed by atoms with Crippen LogP contribution in [0.1, 0.15) is 35.6 Å². The van der Waals surface area contributed by atoms with E-state index in [1.165, 1.54) is 0 Å². The third kappa shape index (κ3) is 3.44. The monoisotopic (exact) mass is 294 g/mol. The lowest BCUT2D eigenvalue weighted by Crippen LogP contribution is -2.55. The first kappa shape index (κ1) is 16.0. The Balaban J connectivity index is 1.99. The standard InChI is InChI=1S/C15H26N4O2/c1-11-13(12(2)18(5)17-11)14(20)16-10-15(3,4)19-6-8-21-9-7-19/h6-10H2,1-5H3,(H,16,20). The molecule has 0 unspecified atom stereocenters. The molecule has 1 saturated heterocycles. The van der Waals surface area contributed by atoms with Gasteiger partial charge in [0.2, 0.25) is 0 Å². The van der Waals surface area contributed by atoms with Crippen LogP contribution in [0, 0.1) is 13.8 Å². The van der Waals surface area contributed by atoms with Crippen LogP contribution in [0.3, 0.4) is 0 Å². The average molecular weight is 294 g/mol. The number of nitrogens with zero attached hydrogens (tertiary/aromatic N) is 3. The maximum absolute atomic E-state index is 12.4. The number of rotatable bonds is 4. The maximum atomic E-state index is 12.4. The first-order valence-electron chi connectivity index (χ1n) is 7.44. The van der Waals surface area contributed by atoms with Gasteiger partial charge < -0.3 is 10.1 Å². The van der Waals surface area contributed by atoms with Crippen molar-refractivity contribution in [2.45, 2.75) is 33.2 Å². The Morgan fingerprint density at radius 3 is 2.48 bits per heavy atom. The summed E-state index contributed by atoms with van der Waals surface area (Å²) in [6.07, 6.45) is 0. The molecule has 0 spiro atoms. The van der Waals surface area contributed by atoms with Gasteiger partial charge in [-0.3, -0.25) is 14.4 Å². The highest BCUT2D eigenvalue weighted by atomic mass is 16.5. The Labute approximate surface area is 126 Å². The smallest absolute Gasteiger partial charge is 0.255 e. The van der Waals surface area contributed by atoms with Crippen LogP contribution < -0.4 is 5.32 Å². The number of hydrogen-bond acceptors (Lipinski definition) is 4. The van der Waals surface area contributed by atoms with E-state index in [9.17, 15) is 4.79 Å². The number of amides is 1. The fraction of sp³-hybridized carbons (Fsp3) is 0.733. The molecule has 21 heavy (non-hydrogen) atoms. The Morgan fingerprint density at radius 2 is 1.95 bits per heavy atom.